The topological polar surface area (TPSA) is 70.9 Å². The van der Waals surface area contributed by atoms with E-state index in [1.54, 1.807) is 7.11 Å². The van der Waals surface area contributed by atoms with Crippen LogP contribution in [0.1, 0.15) is 12.6 Å². The first-order valence-electron chi connectivity index (χ1n) is 6.50. The second-order valence-electron chi connectivity index (χ2n) is 4.60. The van der Waals surface area contributed by atoms with Gasteiger partial charge >= 0.3 is 0 Å². The number of hydrogen-bond donors (Lipinski definition) is 1. The van der Waals surface area contributed by atoms with Gasteiger partial charge in [0.15, 0.2) is 5.65 Å². The van der Waals surface area contributed by atoms with Crippen LogP contribution in [0.5, 0.6) is 5.75 Å². The predicted octanol–water partition coefficient (Wildman–Crippen LogP) is 1.91. The van der Waals surface area contributed by atoms with Gasteiger partial charge in [0.2, 0.25) is 5.95 Å². The number of fused-ring (bicyclic) bond motifs is 1. The van der Waals surface area contributed by atoms with E-state index in [2.05, 4.69) is 17.0 Å². The summed E-state index contributed by atoms with van der Waals surface area (Å²) in [5, 5.41) is 4.48. The Labute approximate surface area is 116 Å². The molecule has 0 aliphatic rings. The van der Waals surface area contributed by atoms with Gasteiger partial charge in [0.25, 0.3) is 0 Å². The fraction of sp³-hybridized carbons (Fsp3) is 0.286. The lowest BCUT2D eigenvalue weighted by molar-refractivity contribution is 0.414. The van der Waals surface area contributed by atoms with Gasteiger partial charge in [-0.2, -0.15) is 5.10 Å². The summed E-state index contributed by atoms with van der Waals surface area (Å²) in [6.07, 6.45) is 0.825. The summed E-state index contributed by atoms with van der Waals surface area (Å²) in [6, 6.07) is 7.72. The lowest BCUT2D eigenvalue weighted by Crippen LogP contribution is -2.05. The molecule has 0 radical (unpaired) electrons. The van der Waals surface area contributed by atoms with Crippen LogP contribution in [0.15, 0.2) is 24.3 Å². The van der Waals surface area contributed by atoms with E-state index in [-0.39, 0.29) is 0 Å². The second kappa shape index (κ2) is 4.56. The van der Waals surface area contributed by atoms with E-state index >= 15 is 0 Å². The zero-order valence-electron chi connectivity index (χ0n) is 11.8. The molecule has 2 aromatic heterocycles. The molecule has 0 fully saturated rings. The number of methoxy groups -OCH3 is 1. The van der Waals surface area contributed by atoms with Crippen molar-refractivity contribution in [2.45, 2.75) is 13.3 Å². The molecule has 0 aliphatic carbocycles. The number of nitrogen functional groups attached to an aromatic ring is 1. The van der Waals surface area contributed by atoms with Gasteiger partial charge < -0.3 is 10.5 Å². The summed E-state index contributed by atoms with van der Waals surface area (Å²) >= 11 is 0. The molecule has 3 aromatic rings. The molecule has 6 heteroatoms. The van der Waals surface area contributed by atoms with Crippen LogP contribution >= 0.6 is 0 Å². The van der Waals surface area contributed by atoms with Crippen molar-refractivity contribution in [2.75, 3.05) is 12.8 Å². The third-order valence-corrected chi connectivity index (χ3v) is 3.38. The molecular formula is C14H17N5O. The van der Waals surface area contributed by atoms with Gasteiger partial charge in [0.1, 0.15) is 11.3 Å². The first-order chi connectivity index (χ1) is 9.65. The lowest BCUT2D eigenvalue weighted by atomic mass is 10.3. The molecule has 2 heterocycles. The Balaban J connectivity index is 2.29. The number of aromatic nitrogens is 4. The van der Waals surface area contributed by atoms with E-state index in [0.29, 0.717) is 5.95 Å². The zero-order chi connectivity index (χ0) is 14.3. The van der Waals surface area contributed by atoms with Gasteiger partial charge in [-0.25, -0.2) is 9.67 Å². The molecule has 2 N–H and O–H groups in total. The number of anilines is 1. The Hall–Kier alpha value is -2.50. The first kappa shape index (κ1) is 12.5. The summed E-state index contributed by atoms with van der Waals surface area (Å²) < 4.78 is 8.97. The van der Waals surface area contributed by atoms with Crippen molar-refractivity contribution in [1.29, 1.82) is 0 Å². The highest BCUT2D eigenvalue weighted by atomic mass is 16.5. The fourth-order valence-electron chi connectivity index (χ4n) is 2.44. The van der Waals surface area contributed by atoms with Crippen LogP contribution in [0.25, 0.3) is 16.9 Å². The van der Waals surface area contributed by atoms with E-state index in [1.807, 2.05) is 40.6 Å². The number of ether oxygens (including phenoxy) is 1. The molecule has 0 amide bonds. The van der Waals surface area contributed by atoms with Crippen LogP contribution in [0, 0.1) is 0 Å². The van der Waals surface area contributed by atoms with Gasteiger partial charge in [-0.1, -0.05) is 13.0 Å². The Kier molecular flexibility index (Phi) is 2.85. The molecule has 104 valence electrons. The summed E-state index contributed by atoms with van der Waals surface area (Å²) in [6.45, 7) is 2.06. The molecule has 0 spiro atoms. The largest absolute Gasteiger partial charge is 0.497 e. The second-order valence-corrected chi connectivity index (χ2v) is 4.60. The van der Waals surface area contributed by atoms with E-state index in [0.717, 1.165) is 34.7 Å². The third kappa shape index (κ3) is 1.72. The number of aryl methyl sites for hydroxylation is 2. The average molecular weight is 271 g/mol. The maximum atomic E-state index is 6.08. The molecule has 0 atom stereocenters. The molecule has 20 heavy (non-hydrogen) atoms. The highest BCUT2D eigenvalue weighted by Crippen LogP contribution is 2.27. The molecule has 3 rings (SSSR count). The van der Waals surface area contributed by atoms with Crippen molar-refractivity contribution >= 4 is 17.1 Å². The van der Waals surface area contributed by atoms with Gasteiger partial charge in [-0.05, 0) is 18.6 Å². The number of nitrogens with two attached hydrogens (primary N) is 1. The van der Waals surface area contributed by atoms with Gasteiger partial charge in [0, 0.05) is 13.1 Å². The number of hydrogen-bond acceptors (Lipinski definition) is 4. The van der Waals surface area contributed by atoms with Crippen molar-refractivity contribution in [3.63, 3.8) is 0 Å². The van der Waals surface area contributed by atoms with E-state index in [4.69, 9.17) is 10.5 Å². The summed E-state index contributed by atoms with van der Waals surface area (Å²) in [4.78, 5) is 4.45. The Morgan fingerprint density at radius 3 is 2.85 bits per heavy atom. The van der Waals surface area contributed by atoms with Gasteiger partial charge in [-0.15, -0.1) is 0 Å². The zero-order valence-corrected chi connectivity index (χ0v) is 11.8. The summed E-state index contributed by atoms with van der Waals surface area (Å²) in [7, 11) is 3.55. The smallest absolute Gasteiger partial charge is 0.207 e. The number of rotatable bonds is 3. The van der Waals surface area contributed by atoms with Crippen molar-refractivity contribution in [3.05, 3.63) is 30.0 Å². The van der Waals surface area contributed by atoms with Crippen molar-refractivity contribution in [1.82, 2.24) is 19.3 Å². The minimum Gasteiger partial charge on any atom is -0.497 e. The normalized spacial score (nSPS) is 11.2. The predicted molar refractivity (Wildman–Crippen MR) is 78.2 cm³/mol. The maximum absolute atomic E-state index is 6.08. The van der Waals surface area contributed by atoms with Crippen LogP contribution in [0.3, 0.4) is 0 Å². The van der Waals surface area contributed by atoms with E-state index in [1.165, 1.54) is 0 Å². The van der Waals surface area contributed by atoms with Crippen molar-refractivity contribution in [2.24, 2.45) is 7.05 Å². The SMILES string of the molecule is CCc1nn(C)c2c1nc(N)n2-c1cccc(OC)c1. The maximum Gasteiger partial charge on any atom is 0.207 e. The van der Waals surface area contributed by atoms with Crippen LogP contribution in [0.2, 0.25) is 0 Å². The average Bonchev–Trinajstić information content (AvgIpc) is 2.95. The number of imidazole rings is 1. The molecule has 6 nitrogen and oxygen atoms in total. The number of nitrogens with zero attached hydrogens (tertiary/aromatic N) is 4. The molecule has 0 saturated heterocycles. The highest BCUT2D eigenvalue weighted by molar-refractivity contribution is 5.80. The van der Waals surface area contributed by atoms with Gasteiger partial charge in [0.05, 0.1) is 18.5 Å². The van der Waals surface area contributed by atoms with E-state index in [9.17, 15) is 0 Å². The molecular weight excluding hydrogens is 254 g/mol. The van der Waals surface area contributed by atoms with Crippen LogP contribution in [-0.4, -0.2) is 26.4 Å². The molecule has 0 aliphatic heterocycles. The summed E-state index contributed by atoms with van der Waals surface area (Å²) in [5.41, 5.74) is 9.70. The third-order valence-electron chi connectivity index (χ3n) is 3.38. The fourth-order valence-corrected chi connectivity index (χ4v) is 2.44. The van der Waals surface area contributed by atoms with E-state index < -0.39 is 0 Å². The Morgan fingerprint density at radius 1 is 1.35 bits per heavy atom. The van der Waals surface area contributed by atoms with Crippen LogP contribution < -0.4 is 10.5 Å². The van der Waals surface area contributed by atoms with Crippen molar-refractivity contribution < 1.29 is 4.74 Å². The summed E-state index contributed by atoms with van der Waals surface area (Å²) in [5.74, 6) is 1.23. The molecule has 0 bridgehead atoms. The Bertz CT molecular complexity index is 771. The Morgan fingerprint density at radius 2 is 2.15 bits per heavy atom. The van der Waals surface area contributed by atoms with Crippen LogP contribution in [0.4, 0.5) is 5.95 Å². The minimum absolute atomic E-state index is 0.455. The standard InChI is InChI=1S/C14H17N5O/c1-4-11-12-13(18(2)17-11)19(14(15)16-12)9-6-5-7-10(8-9)20-3/h5-8H,4H2,1-3H3,(H2,15,16). The first-order valence-corrected chi connectivity index (χ1v) is 6.50. The van der Waals surface area contributed by atoms with Crippen molar-refractivity contribution in [3.8, 4) is 11.4 Å². The van der Waals surface area contributed by atoms with Crippen LogP contribution in [-0.2, 0) is 13.5 Å². The molecule has 0 saturated carbocycles. The highest BCUT2D eigenvalue weighted by Gasteiger charge is 2.18. The molecule has 1 aromatic carbocycles. The quantitative estimate of drug-likeness (QED) is 0.790. The number of benzene rings is 1. The minimum atomic E-state index is 0.455. The molecule has 0 unspecified atom stereocenters. The lowest BCUT2D eigenvalue weighted by Gasteiger charge is -2.08. The monoisotopic (exact) mass is 271 g/mol. The van der Waals surface area contributed by atoms with Gasteiger partial charge in [-0.3, -0.25) is 4.57 Å².